The van der Waals surface area contributed by atoms with E-state index >= 15 is 0 Å². The lowest BCUT2D eigenvalue weighted by Gasteiger charge is -2.24. The highest BCUT2D eigenvalue weighted by Gasteiger charge is 2.47. The molecule has 2 unspecified atom stereocenters. The van der Waals surface area contributed by atoms with Gasteiger partial charge in [0.05, 0.1) is 6.61 Å². The maximum Gasteiger partial charge on any atom is 0.227 e. The molecule has 2 atom stereocenters. The van der Waals surface area contributed by atoms with Crippen LogP contribution in [0.25, 0.3) is 0 Å². The molecule has 3 aliphatic heterocycles. The van der Waals surface area contributed by atoms with Crippen molar-refractivity contribution in [1.82, 2.24) is 9.80 Å². The monoisotopic (exact) mass is 477 g/mol. The maximum absolute atomic E-state index is 12.9. The molecular weight excluding hydrogens is 434 g/mol. The van der Waals surface area contributed by atoms with E-state index in [1.165, 1.54) is 24.9 Å². The third-order valence-corrected chi connectivity index (χ3v) is 7.78. The van der Waals surface area contributed by atoms with Crippen LogP contribution in [0.1, 0.15) is 58.4 Å². The van der Waals surface area contributed by atoms with Crippen molar-refractivity contribution in [3.05, 3.63) is 60.2 Å². The first kappa shape index (κ1) is 25.7. The van der Waals surface area contributed by atoms with E-state index < -0.39 is 0 Å². The number of rotatable bonds is 8. The van der Waals surface area contributed by atoms with Crippen molar-refractivity contribution in [2.24, 2.45) is 5.41 Å². The summed E-state index contributed by atoms with van der Waals surface area (Å²) in [5.41, 5.74) is 2.44. The highest BCUT2D eigenvalue weighted by molar-refractivity contribution is 5.96. The van der Waals surface area contributed by atoms with Gasteiger partial charge < -0.3 is 14.5 Å². The summed E-state index contributed by atoms with van der Waals surface area (Å²) in [6.07, 6.45) is 5.46. The van der Waals surface area contributed by atoms with Gasteiger partial charge in [-0.1, -0.05) is 44.2 Å². The van der Waals surface area contributed by atoms with E-state index in [-0.39, 0.29) is 11.3 Å². The van der Waals surface area contributed by atoms with Crippen molar-refractivity contribution in [2.45, 2.75) is 65.5 Å². The van der Waals surface area contributed by atoms with Crippen molar-refractivity contribution in [3.8, 4) is 5.75 Å². The van der Waals surface area contributed by atoms with E-state index in [4.69, 9.17) is 4.74 Å². The van der Waals surface area contributed by atoms with E-state index in [9.17, 15) is 4.79 Å². The molecule has 0 aliphatic carbocycles. The lowest BCUT2D eigenvalue weighted by atomic mass is 9.86. The minimum Gasteiger partial charge on any atom is -0.494 e. The number of carbonyl (C=O) groups is 1. The molecule has 5 nitrogen and oxygen atoms in total. The van der Waals surface area contributed by atoms with Gasteiger partial charge in [0.25, 0.3) is 0 Å². The highest BCUT2D eigenvalue weighted by Crippen LogP contribution is 2.42. The van der Waals surface area contributed by atoms with Crippen molar-refractivity contribution < 1.29 is 9.53 Å². The smallest absolute Gasteiger partial charge is 0.227 e. The molecule has 0 radical (unpaired) electrons. The number of amides is 1. The standard InChI is InChI=1S/C28H37N3O2.C2H6/c1-23-7-5-15-30(23)16-6-18-33-26-12-10-25(11-13-26)31-22-28(19-27(31)32)14-17-29(21-28)20-24-8-3-2-4-9-24;1-2/h2-4,8-13,23H,5-7,14-22H2,1H3;1-2H3. The van der Waals surface area contributed by atoms with Crippen LogP contribution in [0.15, 0.2) is 54.6 Å². The fourth-order valence-electron chi connectivity index (χ4n) is 5.91. The van der Waals surface area contributed by atoms with Crippen molar-refractivity contribution >= 4 is 11.6 Å². The lowest BCUT2D eigenvalue weighted by molar-refractivity contribution is -0.117. The number of likely N-dealkylation sites (tertiary alicyclic amines) is 2. The van der Waals surface area contributed by atoms with Crippen LogP contribution in [0.5, 0.6) is 5.75 Å². The molecular formula is C30H43N3O2. The Hall–Kier alpha value is -2.37. The minimum atomic E-state index is 0.0910. The summed E-state index contributed by atoms with van der Waals surface area (Å²) < 4.78 is 5.97. The van der Waals surface area contributed by atoms with Gasteiger partial charge in [0.15, 0.2) is 0 Å². The van der Waals surface area contributed by atoms with Crippen LogP contribution in [-0.4, -0.2) is 61.1 Å². The number of carbonyl (C=O) groups excluding carboxylic acids is 1. The Bertz CT molecular complexity index is 932. The van der Waals surface area contributed by atoms with Gasteiger partial charge in [-0.25, -0.2) is 0 Å². The first-order valence-corrected chi connectivity index (χ1v) is 13.6. The normalized spacial score (nSPS) is 24.7. The van der Waals surface area contributed by atoms with Gasteiger partial charge in [-0.05, 0) is 75.5 Å². The van der Waals surface area contributed by atoms with Crippen LogP contribution in [0, 0.1) is 5.41 Å². The molecule has 0 N–H and O–H groups in total. The third kappa shape index (κ3) is 6.45. The van der Waals surface area contributed by atoms with Crippen molar-refractivity contribution in [3.63, 3.8) is 0 Å². The molecule has 3 saturated heterocycles. The Morgan fingerprint density at radius 3 is 2.49 bits per heavy atom. The number of benzene rings is 2. The van der Waals surface area contributed by atoms with Crippen LogP contribution in [0.2, 0.25) is 0 Å². The number of ether oxygens (including phenoxy) is 1. The third-order valence-electron chi connectivity index (χ3n) is 7.78. The van der Waals surface area contributed by atoms with Crippen LogP contribution < -0.4 is 9.64 Å². The molecule has 5 rings (SSSR count). The molecule has 35 heavy (non-hydrogen) atoms. The molecule has 5 heteroatoms. The number of hydrogen-bond acceptors (Lipinski definition) is 4. The average Bonchev–Trinajstić information content (AvgIpc) is 3.57. The Balaban J connectivity index is 0.00000141. The molecule has 1 spiro atoms. The minimum absolute atomic E-state index is 0.0910. The summed E-state index contributed by atoms with van der Waals surface area (Å²) in [6, 6.07) is 19.5. The van der Waals surface area contributed by atoms with E-state index in [1.807, 2.05) is 43.0 Å². The fraction of sp³-hybridized carbons (Fsp3) is 0.567. The second kappa shape index (κ2) is 12.0. The summed E-state index contributed by atoms with van der Waals surface area (Å²) >= 11 is 0. The molecule has 3 aliphatic rings. The Kier molecular flexibility index (Phi) is 8.85. The van der Waals surface area contributed by atoms with Gasteiger partial charge in [-0.3, -0.25) is 9.69 Å². The highest BCUT2D eigenvalue weighted by atomic mass is 16.5. The summed E-state index contributed by atoms with van der Waals surface area (Å²) in [6.45, 7) is 13.3. The molecule has 0 bridgehead atoms. The Labute approximate surface area is 212 Å². The predicted octanol–water partition coefficient (Wildman–Crippen LogP) is 5.60. The zero-order valence-electron chi connectivity index (χ0n) is 21.9. The van der Waals surface area contributed by atoms with Gasteiger partial charge in [0, 0.05) is 49.7 Å². The molecule has 3 fully saturated rings. The van der Waals surface area contributed by atoms with Gasteiger partial charge in [0.1, 0.15) is 5.75 Å². The number of anilines is 1. The molecule has 3 heterocycles. The van der Waals surface area contributed by atoms with E-state index in [1.54, 1.807) is 0 Å². The molecule has 0 saturated carbocycles. The molecule has 190 valence electrons. The Morgan fingerprint density at radius 2 is 1.77 bits per heavy atom. The predicted molar refractivity (Wildman–Crippen MR) is 144 cm³/mol. The van der Waals surface area contributed by atoms with Gasteiger partial charge in [-0.2, -0.15) is 0 Å². The summed E-state index contributed by atoms with van der Waals surface area (Å²) in [7, 11) is 0. The van der Waals surface area contributed by atoms with E-state index in [2.05, 4.69) is 47.1 Å². The van der Waals surface area contributed by atoms with Crippen LogP contribution >= 0.6 is 0 Å². The zero-order chi connectivity index (χ0) is 24.7. The number of hydrogen-bond donors (Lipinski definition) is 0. The average molecular weight is 478 g/mol. The molecule has 1 amide bonds. The Morgan fingerprint density at radius 1 is 1.00 bits per heavy atom. The van der Waals surface area contributed by atoms with Crippen LogP contribution in [0.3, 0.4) is 0 Å². The molecule has 0 aromatic heterocycles. The first-order chi connectivity index (χ1) is 17.1. The van der Waals surface area contributed by atoms with Crippen molar-refractivity contribution in [2.75, 3.05) is 44.2 Å². The molecule has 2 aromatic carbocycles. The second-order valence-electron chi connectivity index (χ2n) is 10.3. The summed E-state index contributed by atoms with van der Waals surface area (Å²) in [5.74, 6) is 1.15. The maximum atomic E-state index is 12.9. The number of nitrogens with zero attached hydrogens (tertiary/aromatic N) is 3. The van der Waals surface area contributed by atoms with Crippen LogP contribution in [-0.2, 0) is 11.3 Å². The van der Waals surface area contributed by atoms with E-state index in [0.717, 1.165) is 69.7 Å². The summed E-state index contributed by atoms with van der Waals surface area (Å²) in [5, 5.41) is 0. The van der Waals surface area contributed by atoms with E-state index in [0.29, 0.717) is 6.42 Å². The quantitative estimate of drug-likeness (QED) is 0.464. The fourth-order valence-corrected chi connectivity index (χ4v) is 5.91. The van der Waals surface area contributed by atoms with Crippen LogP contribution in [0.4, 0.5) is 5.69 Å². The topological polar surface area (TPSA) is 36.0 Å². The molecule has 2 aromatic rings. The van der Waals surface area contributed by atoms with Gasteiger partial charge in [0.2, 0.25) is 5.91 Å². The van der Waals surface area contributed by atoms with Gasteiger partial charge in [-0.15, -0.1) is 0 Å². The lowest BCUT2D eigenvalue weighted by Crippen LogP contribution is -2.31. The largest absolute Gasteiger partial charge is 0.494 e. The van der Waals surface area contributed by atoms with Crippen molar-refractivity contribution in [1.29, 1.82) is 0 Å². The second-order valence-corrected chi connectivity index (χ2v) is 10.3. The SMILES string of the molecule is CC.CC1CCCN1CCCOc1ccc(N2CC3(CCN(Cc4ccccc4)C3)CC2=O)cc1. The zero-order valence-corrected chi connectivity index (χ0v) is 21.9. The summed E-state index contributed by atoms with van der Waals surface area (Å²) in [4.78, 5) is 20.0. The van der Waals surface area contributed by atoms with Gasteiger partial charge >= 0.3 is 0 Å². The first-order valence-electron chi connectivity index (χ1n) is 13.6.